The number of hydrogen-bond acceptors (Lipinski definition) is 4. The number of carboxylic acids is 1. The number of alkyl halides is 3. The van der Waals surface area contributed by atoms with E-state index in [0.29, 0.717) is 0 Å². The molecule has 0 aliphatic heterocycles. The molecular formula is C30H34Cl2F3N3O4. The minimum Gasteiger partial charge on any atom is -0.481 e. The fourth-order valence-corrected chi connectivity index (χ4v) is 8.30. The summed E-state index contributed by atoms with van der Waals surface area (Å²) >= 11 is 12.6. The van der Waals surface area contributed by atoms with E-state index in [1.54, 1.807) is 19.1 Å². The smallest absolute Gasteiger partial charge is 0.433 e. The number of aliphatic carboxylic acids is 1. The predicted octanol–water partition coefficient (Wildman–Crippen LogP) is 7.41. The molecule has 2 aromatic rings. The Labute approximate surface area is 252 Å². The number of hydrogen-bond donors (Lipinski definition) is 1. The number of nitrogens with zero attached hydrogens (tertiary/aromatic N) is 3. The van der Waals surface area contributed by atoms with Gasteiger partial charge in [-0.1, -0.05) is 37.0 Å². The van der Waals surface area contributed by atoms with Crippen LogP contribution in [0.25, 0.3) is 0 Å². The van der Waals surface area contributed by atoms with Gasteiger partial charge in [0.1, 0.15) is 0 Å². The Morgan fingerprint density at radius 3 is 2.07 bits per heavy atom. The van der Waals surface area contributed by atoms with Crippen molar-refractivity contribution >= 4 is 40.9 Å². The average molecular weight is 629 g/mol. The molecule has 1 aromatic carbocycles. The number of carbonyl (C=O) groups is 3. The first kappa shape index (κ1) is 30.9. The zero-order valence-electron chi connectivity index (χ0n) is 23.8. The van der Waals surface area contributed by atoms with Crippen molar-refractivity contribution in [2.45, 2.75) is 83.9 Å². The number of aromatic nitrogens is 2. The lowest BCUT2D eigenvalue weighted by atomic mass is 9.57. The van der Waals surface area contributed by atoms with E-state index >= 15 is 0 Å². The van der Waals surface area contributed by atoms with Crippen LogP contribution in [0, 0.1) is 23.7 Å². The van der Waals surface area contributed by atoms with Crippen LogP contribution in [0.1, 0.15) is 97.2 Å². The lowest BCUT2D eigenvalue weighted by molar-refractivity contribution is -0.163. The molecule has 0 saturated heterocycles. The highest BCUT2D eigenvalue weighted by molar-refractivity contribution is 6.40. The highest BCUT2D eigenvalue weighted by Gasteiger charge is 2.56. The largest absolute Gasteiger partial charge is 0.481 e. The Hall–Kier alpha value is -2.59. The average Bonchev–Trinajstić information content (AvgIpc) is 3.34. The van der Waals surface area contributed by atoms with Crippen molar-refractivity contribution in [3.05, 3.63) is 50.8 Å². The molecule has 0 unspecified atom stereocenters. The molecule has 1 aromatic heterocycles. The second kappa shape index (κ2) is 10.5. The third-order valence-electron chi connectivity index (χ3n) is 9.63. The molecule has 42 heavy (non-hydrogen) atoms. The first-order chi connectivity index (χ1) is 19.5. The maximum Gasteiger partial charge on any atom is 0.433 e. The Morgan fingerprint density at radius 1 is 1.05 bits per heavy atom. The zero-order chi connectivity index (χ0) is 30.8. The quantitative estimate of drug-likeness (QED) is 0.308. The number of fused-ring (bicyclic) bond motifs is 3. The van der Waals surface area contributed by atoms with E-state index in [-0.39, 0.29) is 72.0 Å². The SMILES string of the molecule is Cc1cc(Cl)c(C(=O)CN(CC2CC(C)(C)C2)C(=O)c2cnn(C34CCC(C(=O)O)(CC3)CC4)c2C(F)(F)F)c(Cl)c1. The van der Waals surface area contributed by atoms with Crippen molar-refractivity contribution in [3.8, 4) is 0 Å². The van der Waals surface area contributed by atoms with Crippen molar-refractivity contribution in [2.75, 3.05) is 13.1 Å². The Morgan fingerprint density at radius 2 is 1.60 bits per heavy atom. The lowest BCUT2D eigenvalue weighted by Crippen LogP contribution is -2.52. The molecule has 7 nitrogen and oxygen atoms in total. The molecule has 2 bridgehead atoms. The van der Waals surface area contributed by atoms with Crippen molar-refractivity contribution in [1.29, 1.82) is 0 Å². The van der Waals surface area contributed by atoms with Gasteiger partial charge in [-0.25, -0.2) is 0 Å². The molecule has 0 spiro atoms. The van der Waals surface area contributed by atoms with Crippen molar-refractivity contribution in [2.24, 2.45) is 16.7 Å². The minimum atomic E-state index is -4.91. The Bertz CT molecular complexity index is 1400. The van der Waals surface area contributed by atoms with Gasteiger partial charge in [0.05, 0.1) is 44.9 Å². The van der Waals surface area contributed by atoms with Gasteiger partial charge in [-0.2, -0.15) is 18.3 Å². The van der Waals surface area contributed by atoms with E-state index in [0.717, 1.165) is 29.3 Å². The van der Waals surface area contributed by atoms with Crippen LogP contribution < -0.4 is 0 Å². The number of carboxylic acid groups (broad SMARTS) is 1. The second-order valence-corrected chi connectivity index (χ2v) is 14.1. The van der Waals surface area contributed by atoms with Gasteiger partial charge in [0.25, 0.3) is 5.91 Å². The molecule has 1 N–H and O–H groups in total. The van der Waals surface area contributed by atoms with Crippen LogP contribution in [0.2, 0.25) is 10.0 Å². The number of ketones is 1. The predicted molar refractivity (Wildman–Crippen MR) is 151 cm³/mol. The zero-order valence-corrected chi connectivity index (χ0v) is 25.3. The first-order valence-corrected chi connectivity index (χ1v) is 14.9. The number of amides is 1. The van der Waals surface area contributed by atoms with Gasteiger partial charge in [-0.3, -0.25) is 19.1 Å². The standard InChI is InChI=1S/C30H34Cl2F3N3O4/c1-17-10-20(31)23(21(32)11-17)22(39)16-37(15-18-12-27(2,3)13-18)25(40)19-14-36-38(24(19)30(33,34)35)29-7-4-28(5-8-29,6-9-29)26(41)42/h10-11,14,18H,4-9,12-13,15-16H2,1-3H3,(H,41,42). The van der Waals surface area contributed by atoms with Gasteiger partial charge in [-0.15, -0.1) is 0 Å². The topological polar surface area (TPSA) is 92.5 Å². The van der Waals surface area contributed by atoms with Crippen LogP contribution in [0.3, 0.4) is 0 Å². The molecule has 4 aliphatic rings. The minimum absolute atomic E-state index is 0.0181. The molecule has 4 saturated carbocycles. The summed E-state index contributed by atoms with van der Waals surface area (Å²) in [6.45, 7) is 5.52. The van der Waals surface area contributed by atoms with E-state index < -0.39 is 52.6 Å². The fourth-order valence-electron chi connectivity index (χ4n) is 7.49. The number of benzene rings is 1. The molecule has 1 heterocycles. The Kier molecular flexibility index (Phi) is 7.74. The van der Waals surface area contributed by atoms with Gasteiger partial charge in [0.2, 0.25) is 0 Å². The summed E-state index contributed by atoms with van der Waals surface area (Å²) < 4.78 is 45.1. The highest BCUT2D eigenvalue weighted by Crippen LogP contribution is 2.57. The van der Waals surface area contributed by atoms with Crippen LogP contribution in [0.5, 0.6) is 0 Å². The summed E-state index contributed by atoms with van der Waals surface area (Å²) in [4.78, 5) is 40.4. The maximum atomic E-state index is 14.7. The molecule has 12 heteroatoms. The highest BCUT2D eigenvalue weighted by atomic mass is 35.5. The normalized spacial score (nSPS) is 25.2. The summed E-state index contributed by atoms with van der Waals surface area (Å²) in [7, 11) is 0. The molecule has 0 radical (unpaired) electrons. The summed E-state index contributed by atoms with van der Waals surface area (Å²) in [6.07, 6.45) is -1.02. The summed E-state index contributed by atoms with van der Waals surface area (Å²) in [5, 5.41) is 14.1. The molecule has 0 atom stereocenters. The monoisotopic (exact) mass is 627 g/mol. The molecular weight excluding hydrogens is 594 g/mol. The molecule has 4 fully saturated rings. The first-order valence-electron chi connectivity index (χ1n) is 14.1. The third kappa shape index (κ3) is 5.45. The molecule has 228 valence electrons. The number of carbonyl (C=O) groups excluding carboxylic acids is 2. The van der Waals surface area contributed by atoms with E-state index in [9.17, 15) is 32.7 Å². The van der Waals surface area contributed by atoms with Gasteiger partial charge in [0.15, 0.2) is 11.5 Å². The molecule has 1 amide bonds. The number of halogens is 5. The van der Waals surface area contributed by atoms with Crippen LogP contribution >= 0.6 is 23.2 Å². The number of aryl methyl sites for hydroxylation is 1. The Balaban J connectivity index is 1.49. The van der Waals surface area contributed by atoms with Gasteiger partial charge in [-0.05, 0) is 87.3 Å². The van der Waals surface area contributed by atoms with Gasteiger partial charge in [0, 0.05) is 6.54 Å². The second-order valence-electron chi connectivity index (χ2n) is 13.3. The lowest BCUT2D eigenvalue weighted by Gasteiger charge is -2.51. The van der Waals surface area contributed by atoms with Gasteiger partial charge < -0.3 is 10.0 Å². The number of rotatable bonds is 8. The third-order valence-corrected chi connectivity index (χ3v) is 10.2. The summed E-state index contributed by atoms with van der Waals surface area (Å²) in [5.41, 5.74) is -2.92. The number of Topliss-reactive ketones (excluding diaryl/α,β-unsaturated/α-hetero) is 1. The van der Waals surface area contributed by atoms with Crippen molar-refractivity contribution in [1.82, 2.24) is 14.7 Å². The van der Waals surface area contributed by atoms with Crippen LogP contribution in [-0.2, 0) is 16.5 Å². The van der Waals surface area contributed by atoms with E-state index in [4.69, 9.17) is 23.2 Å². The van der Waals surface area contributed by atoms with Crippen LogP contribution in [0.15, 0.2) is 18.3 Å². The maximum absolute atomic E-state index is 14.7. The molecule has 6 rings (SSSR count). The van der Waals surface area contributed by atoms with Crippen LogP contribution in [-0.4, -0.2) is 50.5 Å². The summed E-state index contributed by atoms with van der Waals surface area (Å²) in [5.74, 6) is -2.41. The molecule has 4 aliphatic carbocycles. The van der Waals surface area contributed by atoms with E-state index in [2.05, 4.69) is 18.9 Å². The van der Waals surface area contributed by atoms with Crippen molar-refractivity contribution < 1.29 is 32.7 Å². The fraction of sp³-hybridized carbons (Fsp3) is 0.600. The van der Waals surface area contributed by atoms with Gasteiger partial charge >= 0.3 is 12.1 Å². The van der Waals surface area contributed by atoms with E-state index in [1.165, 1.54) is 4.90 Å². The van der Waals surface area contributed by atoms with Crippen LogP contribution in [0.4, 0.5) is 13.2 Å². The summed E-state index contributed by atoms with van der Waals surface area (Å²) in [6, 6.07) is 3.14. The van der Waals surface area contributed by atoms with Crippen molar-refractivity contribution in [3.63, 3.8) is 0 Å². The van der Waals surface area contributed by atoms with E-state index in [1.807, 2.05) is 0 Å².